The van der Waals surface area contributed by atoms with E-state index in [1.54, 1.807) is 19.1 Å². The van der Waals surface area contributed by atoms with E-state index < -0.39 is 11.4 Å². The van der Waals surface area contributed by atoms with E-state index >= 15 is 0 Å². The maximum atomic E-state index is 14.8. The Morgan fingerprint density at radius 2 is 1.43 bits per heavy atom. The molecule has 0 bridgehead atoms. The van der Waals surface area contributed by atoms with Crippen molar-refractivity contribution in [3.63, 3.8) is 0 Å². The number of carbonyl (C=O) groups is 4. The van der Waals surface area contributed by atoms with Crippen molar-refractivity contribution in [1.82, 2.24) is 14.7 Å². The number of carboxylic acid groups (broad SMARTS) is 1. The fourth-order valence-electron chi connectivity index (χ4n) is 8.85. The molecule has 248 valence electrons. The van der Waals surface area contributed by atoms with Gasteiger partial charge in [-0.2, -0.15) is 0 Å². The van der Waals surface area contributed by atoms with Crippen LogP contribution in [0, 0.1) is 16.7 Å². The van der Waals surface area contributed by atoms with E-state index in [1.165, 1.54) is 11.1 Å². The largest absolute Gasteiger partial charge is 0.478 e. The SMILES string of the molecule is CC(=O)N1CCC(C(=O)N2CCC(C(=O)N3CC=C4C(C)(C)C(c5ccc(C(=O)O)cc5)=CC[C@]4(C)C3)(c3ccccc3)CC2)CC1. The molecule has 3 aliphatic heterocycles. The van der Waals surface area contributed by atoms with E-state index in [4.69, 9.17) is 0 Å². The monoisotopic (exact) mass is 637 g/mol. The lowest BCUT2D eigenvalue weighted by Gasteiger charge is -2.52. The van der Waals surface area contributed by atoms with E-state index in [0.717, 1.165) is 17.5 Å². The molecular weight excluding hydrogens is 590 g/mol. The minimum atomic E-state index is -0.933. The van der Waals surface area contributed by atoms with Crippen molar-refractivity contribution in [3.8, 4) is 0 Å². The molecule has 1 aliphatic carbocycles. The van der Waals surface area contributed by atoms with Gasteiger partial charge in [0.1, 0.15) is 0 Å². The number of fused-ring (bicyclic) bond motifs is 1. The summed E-state index contributed by atoms with van der Waals surface area (Å²) in [5, 5.41) is 9.36. The highest BCUT2D eigenvalue weighted by atomic mass is 16.4. The second-order valence-corrected chi connectivity index (χ2v) is 14.7. The normalized spacial score (nSPS) is 24.1. The molecular formula is C39H47N3O5. The first-order valence-corrected chi connectivity index (χ1v) is 17.0. The average molecular weight is 638 g/mol. The Labute approximate surface area is 278 Å². The summed E-state index contributed by atoms with van der Waals surface area (Å²) >= 11 is 0. The summed E-state index contributed by atoms with van der Waals surface area (Å²) in [5.41, 5.74) is 3.60. The molecule has 0 unspecified atom stereocenters. The first kappa shape index (κ1) is 32.7. The van der Waals surface area contributed by atoms with Gasteiger partial charge in [-0.3, -0.25) is 14.4 Å². The number of allylic oxidation sites excluding steroid dienone is 2. The highest BCUT2D eigenvalue weighted by molar-refractivity contribution is 5.90. The number of nitrogens with zero attached hydrogens (tertiary/aromatic N) is 3. The highest BCUT2D eigenvalue weighted by Crippen LogP contribution is 2.55. The van der Waals surface area contributed by atoms with Gasteiger partial charge in [0.05, 0.1) is 11.0 Å². The molecule has 8 nitrogen and oxygen atoms in total. The van der Waals surface area contributed by atoms with Crippen LogP contribution in [0.5, 0.6) is 0 Å². The molecule has 6 rings (SSSR count). The maximum absolute atomic E-state index is 14.8. The average Bonchev–Trinajstić information content (AvgIpc) is 3.07. The predicted molar refractivity (Wildman–Crippen MR) is 181 cm³/mol. The maximum Gasteiger partial charge on any atom is 0.335 e. The van der Waals surface area contributed by atoms with Gasteiger partial charge in [0.25, 0.3) is 0 Å². The second-order valence-electron chi connectivity index (χ2n) is 14.7. The molecule has 0 aromatic heterocycles. The van der Waals surface area contributed by atoms with Crippen molar-refractivity contribution in [2.24, 2.45) is 16.7 Å². The minimum absolute atomic E-state index is 0.0640. The van der Waals surface area contributed by atoms with Gasteiger partial charge in [-0.25, -0.2) is 4.79 Å². The molecule has 3 amide bonds. The number of benzene rings is 2. The van der Waals surface area contributed by atoms with Crippen molar-refractivity contribution in [3.05, 3.63) is 89.0 Å². The summed E-state index contributed by atoms with van der Waals surface area (Å²) < 4.78 is 0. The molecule has 2 aromatic carbocycles. The van der Waals surface area contributed by atoms with Crippen LogP contribution in [-0.2, 0) is 19.8 Å². The van der Waals surface area contributed by atoms with E-state index in [-0.39, 0.29) is 40.0 Å². The van der Waals surface area contributed by atoms with Crippen molar-refractivity contribution < 1.29 is 24.3 Å². The number of carboxylic acids is 1. The van der Waals surface area contributed by atoms with Crippen LogP contribution < -0.4 is 0 Å². The van der Waals surface area contributed by atoms with Crippen LogP contribution in [0.2, 0.25) is 0 Å². The van der Waals surface area contributed by atoms with Gasteiger partial charge in [0.15, 0.2) is 0 Å². The number of hydrogen-bond donors (Lipinski definition) is 1. The third kappa shape index (κ3) is 5.92. The predicted octanol–water partition coefficient (Wildman–Crippen LogP) is 5.79. The van der Waals surface area contributed by atoms with Gasteiger partial charge in [-0.05, 0) is 60.9 Å². The quantitative estimate of drug-likeness (QED) is 0.419. The van der Waals surface area contributed by atoms with Crippen molar-refractivity contribution >= 4 is 29.3 Å². The molecule has 8 heteroatoms. The lowest BCUT2D eigenvalue weighted by molar-refractivity contribution is -0.146. The third-order valence-corrected chi connectivity index (χ3v) is 11.5. The van der Waals surface area contributed by atoms with Gasteiger partial charge in [-0.15, -0.1) is 0 Å². The number of piperidine rings is 2. The number of amides is 3. The standard InChI is InChI=1S/C39H47N3O5/c1-27(43)40-21-15-29(16-22-40)34(44)41-24-19-39(20-25-41,31-8-6-5-7-9-31)36(47)42-23-17-33-37(2,3)32(14-18-38(33,4)26-42)28-10-12-30(13-11-28)35(45)46/h5-14,17,29H,15-16,18-26H2,1-4H3,(H,45,46)/t38-/m1/s1. The van der Waals surface area contributed by atoms with Crippen LogP contribution in [-0.4, -0.2) is 82.8 Å². The third-order valence-electron chi connectivity index (χ3n) is 11.5. The zero-order valence-electron chi connectivity index (χ0n) is 28.1. The second kappa shape index (κ2) is 12.4. The molecule has 0 spiro atoms. The summed E-state index contributed by atoms with van der Waals surface area (Å²) in [6.07, 6.45) is 7.87. The van der Waals surface area contributed by atoms with Gasteiger partial charge in [0, 0.05) is 62.9 Å². The fraction of sp³-hybridized carbons (Fsp3) is 0.487. The zero-order valence-corrected chi connectivity index (χ0v) is 28.1. The number of likely N-dealkylation sites (tertiary alicyclic amines) is 2. The van der Waals surface area contributed by atoms with Crippen LogP contribution in [0.25, 0.3) is 5.57 Å². The Morgan fingerprint density at radius 3 is 2.02 bits per heavy atom. The Bertz CT molecular complexity index is 1610. The molecule has 2 saturated heterocycles. The van der Waals surface area contributed by atoms with Crippen LogP contribution >= 0.6 is 0 Å². The number of aromatic carboxylic acids is 1. The number of rotatable bonds is 5. The molecule has 1 N–H and O–H groups in total. The molecule has 47 heavy (non-hydrogen) atoms. The molecule has 3 heterocycles. The summed E-state index contributed by atoms with van der Waals surface area (Å²) in [6, 6.07) is 17.2. The summed E-state index contributed by atoms with van der Waals surface area (Å²) in [5.74, 6) is -0.644. The Morgan fingerprint density at radius 1 is 0.787 bits per heavy atom. The highest BCUT2D eigenvalue weighted by Gasteiger charge is 2.51. The molecule has 1 atom stereocenters. The molecule has 2 aromatic rings. The minimum Gasteiger partial charge on any atom is -0.478 e. The van der Waals surface area contributed by atoms with Gasteiger partial charge < -0.3 is 19.8 Å². The number of carbonyl (C=O) groups excluding carboxylic acids is 3. The Kier molecular flexibility index (Phi) is 8.66. The van der Waals surface area contributed by atoms with Crippen molar-refractivity contribution in [1.29, 1.82) is 0 Å². The molecule has 4 aliphatic rings. The van der Waals surface area contributed by atoms with Gasteiger partial charge >= 0.3 is 5.97 Å². The smallest absolute Gasteiger partial charge is 0.335 e. The zero-order chi connectivity index (χ0) is 33.6. The van der Waals surface area contributed by atoms with E-state index in [9.17, 15) is 24.3 Å². The van der Waals surface area contributed by atoms with Crippen LogP contribution in [0.3, 0.4) is 0 Å². The van der Waals surface area contributed by atoms with Gasteiger partial charge in [0.2, 0.25) is 17.7 Å². The van der Waals surface area contributed by atoms with Crippen LogP contribution in [0.4, 0.5) is 0 Å². The van der Waals surface area contributed by atoms with Gasteiger partial charge in [-0.1, -0.05) is 81.0 Å². The Hall–Kier alpha value is -4.20. The van der Waals surface area contributed by atoms with E-state index in [2.05, 4.69) is 45.1 Å². The van der Waals surface area contributed by atoms with Crippen LogP contribution in [0.15, 0.2) is 72.3 Å². The topological polar surface area (TPSA) is 98.2 Å². The van der Waals surface area contributed by atoms with Crippen LogP contribution in [0.1, 0.15) is 81.3 Å². The molecule has 0 saturated carbocycles. The van der Waals surface area contributed by atoms with E-state index in [1.807, 2.05) is 45.0 Å². The summed E-state index contributed by atoms with van der Waals surface area (Å²) in [4.78, 5) is 57.4. The lowest BCUT2D eigenvalue weighted by atomic mass is 9.58. The first-order valence-electron chi connectivity index (χ1n) is 17.0. The molecule has 0 radical (unpaired) electrons. The first-order chi connectivity index (χ1) is 22.4. The Balaban J connectivity index is 1.20. The van der Waals surface area contributed by atoms with E-state index in [0.29, 0.717) is 65.0 Å². The number of hydrogen-bond acceptors (Lipinski definition) is 4. The van der Waals surface area contributed by atoms with Crippen molar-refractivity contribution in [2.45, 2.75) is 65.2 Å². The summed E-state index contributed by atoms with van der Waals surface area (Å²) in [7, 11) is 0. The van der Waals surface area contributed by atoms with Crippen molar-refractivity contribution in [2.75, 3.05) is 39.3 Å². The fourth-order valence-corrected chi connectivity index (χ4v) is 8.85. The molecule has 2 fully saturated rings. The summed E-state index contributed by atoms with van der Waals surface area (Å²) in [6.45, 7) is 11.8. The lowest BCUT2D eigenvalue weighted by Crippen LogP contribution is -2.58.